The molecular weight excluding hydrogens is 290 g/mol. The topological polar surface area (TPSA) is 50.1 Å². The summed E-state index contributed by atoms with van der Waals surface area (Å²) >= 11 is 0. The lowest BCUT2D eigenvalue weighted by molar-refractivity contribution is -0.122. The van der Waals surface area contributed by atoms with E-state index in [1.54, 1.807) is 0 Å². The summed E-state index contributed by atoms with van der Waals surface area (Å²) < 4.78 is 6.70. The van der Waals surface area contributed by atoms with Crippen LogP contribution in [0.25, 0.3) is 0 Å². The van der Waals surface area contributed by atoms with E-state index < -0.39 is 19.1 Å². The third kappa shape index (κ3) is 2.30. The molecule has 22 heavy (non-hydrogen) atoms. The van der Waals surface area contributed by atoms with Crippen molar-refractivity contribution < 1.29 is 9.22 Å². The van der Waals surface area contributed by atoms with Gasteiger partial charge < -0.3 is 4.43 Å². The van der Waals surface area contributed by atoms with Crippen LogP contribution in [0.4, 0.5) is 0 Å². The highest BCUT2D eigenvalue weighted by Gasteiger charge is 2.60. The third-order valence-electron chi connectivity index (χ3n) is 6.49. The highest BCUT2D eigenvalue weighted by atomic mass is 28.4. The van der Waals surface area contributed by atoms with E-state index in [1.165, 1.54) is 0 Å². The van der Waals surface area contributed by atoms with Crippen LogP contribution < -0.4 is 0 Å². The number of nitriles is 1. The molecule has 0 aromatic heterocycles. The van der Waals surface area contributed by atoms with Gasteiger partial charge in [-0.3, -0.25) is 4.79 Å². The van der Waals surface area contributed by atoms with Gasteiger partial charge in [-0.2, -0.15) is 5.26 Å². The number of ketones is 1. The van der Waals surface area contributed by atoms with Gasteiger partial charge in [0.2, 0.25) is 0 Å². The first-order valence-electron chi connectivity index (χ1n) is 8.22. The molecule has 0 amide bonds. The second kappa shape index (κ2) is 5.04. The average molecular weight is 320 g/mol. The van der Waals surface area contributed by atoms with Crippen molar-refractivity contribution in [3.63, 3.8) is 0 Å². The Morgan fingerprint density at radius 1 is 1.36 bits per heavy atom. The van der Waals surface area contributed by atoms with Gasteiger partial charge in [-0.15, -0.1) is 0 Å². The Labute approximate surface area is 135 Å². The highest BCUT2D eigenvalue weighted by molar-refractivity contribution is 6.74. The summed E-state index contributed by atoms with van der Waals surface area (Å²) in [4.78, 5) is 12.4. The normalized spacial score (nSPS) is 35.8. The number of carbonyl (C=O) groups is 1. The van der Waals surface area contributed by atoms with E-state index in [2.05, 4.69) is 46.9 Å². The number of hydrogen-bond donors (Lipinski definition) is 0. The van der Waals surface area contributed by atoms with Crippen LogP contribution in [0.2, 0.25) is 18.1 Å². The number of nitrogens with zero attached hydrogens (tertiary/aromatic N) is 1. The molecule has 0 saturated heterocycles. The number of fused-ring (bicyclic) bond motifs is 1. The minimum Gasteiger partial charge on any atom is -0.413 e. The molecule has 1 saturated carbocycles. The van der Waals surface area contributed by atoms with Crippen molar-refractivity contribution in [2.75, 3.05) is 0 Å². The molecule has 0 aromatic carbocycles. The lowest BCUT2D eigenvalue weighted by Crippen LogP contribution is -2.55. The van der Waals surface area contributed by atoms with Gasteiger partial charge in [-0.1, -0.05) is 33.8 Å². The molecule has 3 atom stereocenters. The van der Waals surface area contributed by atoms with Crippen molar-refractivity contribution in [2.24, 2.45) is 10.8 Å². The van der Waals surface area contributed by atoms with Gasteiger partial charge in [0.15, 0.2) is 14.1 Å². The molecule has 0 aromatic rings. The summed E-state index contributed by atoms with van der Waals surface area (Å²) in [6.07, 6.45) is 3.88. The van der Waals surface area contributed by atoms with Crippen LogP contribution in [0.15, 0.2) is 11.6 Å². The zero-order valence-corrected chi connectivity index (χ0v) is 16.0. The molecule has 1 fully saturated rings. The van der Waals surface area contributed by atoms with Crippen LogP contribution >= 0.6 is 0 Å². The van der Waals surface area contributed by atoms with Crippen LogP contribution in [-0.2, 0) is 9.22 Å². The smallest absolute Gasteiger partial charge is 0.192 e. The van der Waals surface area contributed by atoms with Gasteiger partial charge in [-0.05, 0) is 37.9 Å². The van der Waals surface area contributed by atoms with E-state index in [0.29, 0.717) is 12.8 Å². The molecule has 3 nitrogen and oxygen atoms in total. The summed E-state index contributed by atoms with van der Waals surface area (Å²) in [5, 5.41) is 9.87. The Balaban J connectivity index is 2.43. The molecule has 2 aliphatic carbocycles. The van der Waals surface area contributed by atoms with Crippen LogP contribution in [0, 0.1) is 22.2 Å². The molecule has 2 rings (SSSR count). The zero-order chi connectivity index (χ0) is 17.0. The SMILES string of the molecule is CC(C)(C)[Si](C)(C)O[C@H]1CCC(=O)C2=CC[C@@](C)(C#N)[C@@]21C. The van der Waals surface area contributed by atoms with Gasteiger partial charge in [0, 0.05) is 17.4 Å². The van der Waals surface area contributed by atoms with E-state index in [4.69, 9.17) is 4.43 Å². The number of hydrogen-bond acceptors (Lipinski definition) is 3. The lowest BCUT2D eigenvalue weighted by atomic mass is 9.58. The first-order chi connectivity index (χ1) is 9.89. The predicted octanol–water partition coefficient (Wildman–Crippen LogP) is 4.61. The van der Waals surface area contributed by atoms with Crippen LogP contribution in [-0.4, -0.2) is 20.2 Å². The predicted molar refractivity (Wildman–Crippen MR) is 90.8 cm³/mol. The Hall–Kier alpha value is -0.923. The van der Waals surface area contributed by atoms with Gasteiger partial charge in [0.05, 0.1) is 17.6 Å². The molecule has 2 aliphatic rings. The summed E-state index contributed by atoms with van der Waals surface area (Å²) in [7, 11) is -1.94. The molecule has 0 heterocycles. The second-order valence-corrected chi connectivity index (χ2v) is 13.6. The minimum atomic E-state index is -1.94. The van der Waals surface area contributed by atoms with Gasteiger partial charge in [0.1, 0.15) is 0 Å². The molecule has 0 radical (unpaired) electrons. The Morgan fingerprint density at radius 3 is 2.45 bits per heavy atom. The molecule has 122 valence electrons. The van der Waals surface area contributed by atoms with Crippen molar-refractivity contribution in [3.8, 4) is 6.07 Å². The molecule has 4 heteroatoms. The first-order valence-corrected chi connectivity index (χ1v) is 11.1. The molecule has 0 unspecified atom stereocenters. The van der Waals surface area contributed by atoms with Crippen LogP contribution in [0.5, 0.6) is 0 Å². The van der Waals surface area contributed by atoms with E-state index in [-0.39, 0.29) is 16.9 Å². The number of Topliss-reactive ketones (excluding diaryl/α,β-unsaturated/α-hetero) is 1. The number of rotatable bonds is 2. The third-order valence-corrected chi connectivity index (χ3v) is 11.0. The lowest BCUT2D eigenvalue weighted by Gasteiger charge is -2.51. The maximum Gasteiger partial charge on any atom is 0.192 e. The number of allylic oxidation sites excluding steroid dienone is 1. The standard InChI is InChI=1S/C18H29NO2Si/c1-16(2,3)22(6,7)21-15-9-8-14(20)13-10-11-17(4,12-19)18(13,15)5/h10,15H,8-9,11H2,1-7H3/t15-,17-,18-/m0/s1. The van der Waals surface area contributed by atoms with Crippen molar-refractivity contribution in [2.45, 2.75) is 78.1 Å². The van der Waals surface area contributed by atoms with E-state index in [9.17, 15) is 10.1 Å². The van der Waals surface area contributed by atoms with Crippen molar-refractivity contribution in [1.82, 2.24) is 0 Å². The van der Waals surface area contributed by atoms with Gasteiger partial charge >= 0.3 is 0 Å². The molecule has 0 N–H and O–H groups in total. The van der Waals surface area contributed by atoms with E-state index in [1.807, 2.05) is 13.0 Å². The fraction of sp³-hybridized carbons (Fsp3) is 0.778. The fourth-order valence-electron chi connectivity index (χ4n) is 3.52. The molecule has 0 spiro atoms. The monoisotopic (exact) mass is 319 g/mol. The van der Waals surface area contributed by atoms with E-state index in [0.717, 1.165) is 12.0 Å². The summed E-state index contributed by atoms with van der Waals surface area (Å²) in [6.45, 7) is 15.2. The molecular formula is C18H29NO2Si. The number of carbonyl (C=O) groups excluding carboxylic acids is 1. The largest absolute Gasteiger partial charge is 0.413 e. The van der Waals surface area contributed by atoms with Gasteiger partial charge in [0.25, 0.3) is 0 Å². The zero-order valence-electron chi connectivity index (χ0n) is 15.0. The Bertz CT molecular complexity index is 567. The van der Waals surface area contributed by atoms with Crippen molar-refractivity contribution in [3.05, 3.63) is 11.6 Å². The highest BCUT2D eigenvalue weighted by Crippen LogP contribution is 2.59. The maximum atomic E-state index is 12.4. The molecule has 0 bridgehead atoms. The second-order valence-electron chi connectivity index (χ2n) is 8.80. The average Bonchev–Trinajstić information content (AvgIpc) is 2.67. The molecule has 0 aliphatic heterocycles. The maximum absolute atomic E-state index is 12.4. The Kier molecular flexibility index (Phi) is 3.99. The van der Waals surface area contributed by atoms with E-state index >= 15 is 0 Å². The summed E-state index contributed by atoms with van der Waals surface area (Å²) in [5.74, 6) is 0.205. The Morgan fingerprint density at radius 2 is 1.95 bits per heavy atom. The minimum absolute atomic E-state index is 0.0375. The van der Waals surface area contributed by atoms with Crippen molar-refractivity contribution >= 4 is 14.1 Å². The first kappa shape index (κ1) is 17.4. The quantitative estimate of drug-likeness (QED) is 0.699. The summed E-state index contributed by atoms with van der Waals surface area (Å²) in [5.41, 5.74) is -0.190. The van der Waals surface area contributed by atoms with Crippen LogP contribution in [0.3, 0.4) is 0 Å². The fourth-order valence-corrected chi connectivity index (χ4v) is 4.93. The van der Waals surface area contributed by atoms with Gasteiger partial charge in [-0.25, -0.2) is 0 Å². The van der Waals surface area contributed by atoms with Crippen molar-refractivity contribution in [1.29, 1.82) is 5.26 Å². The summed E-state index contributed by atoms with van der Waals surface area (Å²) in [6, 6.07) is 2.49. The van der Waals surface area contributed by atoms with Crippen LogP contribution in [0.1, 0.15) is 53.9 Å².